The van der Waals surface area contributed by atoms with Crippen LogP contribution in [0.15, 0.2) is 15.9 Å². The molecule has 1 aromatic heterocycles. The van der Waals surface area contributed by atoms with E-state index in [1.54, 1.807) is 11.3 Å². The van der Waals surface area contributed by atoms with E-state index in [-0.39, 0.29) is 0 Å². The molecule has 2 heterocycles. The summed E-state index contributed by atoms with van der Waals surface area (Å²) in [6.07, 6.45) is 0. The summed E-state index contributed by atoms with van der Waals surface area (Å²) in [4.78, 5) is 3.74. The van der Waals surface area contributed by atoms with Gasteiger partial charge in [0.1, 0.15) is 0 Å². The second-order valence-electron chi connectivity index (χ2n) is 3.43. The van der Waals surface area contributed by atoms with Gasteiger partial charge in [-0.3, -0.25) is 4.90 Å². The molecule has 0 amide bonds. The highest BCUT2D eigenvalue weighted by Gasteiger charge is 2.26. The van der Waals surface area contributed by atoms with Gasteiger partial charge in [0.2, 0.25) is 0 Å². The number of thiophene rings is 1. The number of halogens is 1. The van der Waals surface area contributed by atoms with E-state index in [2.05, 4.69) is 32.3 Å². The summed E-state index contributed by atoms with van der Waals surface area (Å²) in [5.41, 5.74) is 0. The second kappa shape index (κ2) is 4.09. The van der Waals surface area contributed by atoms with Crippen LogP contribution in [-0.2, 0) is 6.54 Å². The number of aliphatic hydroxyl groups is 1. The molecule has 13 heavy (non-hydrogen) atoms. The third-order valence-corrected chi connectivity index (χ3v) is 4.26. The van der Waals surface area contributed by atoms with Gasteiger partial charge in [0, 0.05) is 41.5 Å². The first-order valence-electron chi connectivity index (χ1n) is 4.34. The van der Waals surface area contributed by atoms with Crippen molar-refractivity contribution in [3.05, 3.63) is 20.8 Å². The summed E-state index contributed by atoms with van der Waals surface area (Å²) in [5.74, 6) is 0.513. The summed E-state index contributed by atoms with van der Waals surface area (Å²) in [6.45, 7) is 3.44. The maximum Gasteiger partial charge on any atom is 0.0483 e. The van der Waals surface area contributed by atoms with Crippen molar-refractivity contribution in [2.45, 2.75) is 6.54 Å². The fraction of sp³-hybridized carbons (Fsp3) is 0.556. The summed E-state index contributed by atoms with van der Waals surface area (Å²) >= 11 is 5.30. The van der Waals surface area contributed by atoms with Crippen molar-refractivity contribution >= 4 is 27.3 Å². The minimum Gasteiger partial charge on any atom is -0.396 e. The summed E-state index contributed by atoms with van der Waals surface area (Å²) in [6, 6.07) is 2.09. The Labute approximate surface area is 90.3 Å². The Morgan fingerprint density at radius 1 is 1.62 bits per heavy atom. The van der Waals surface area contributed by atoms with Gasteiger partial charge in [-0.05, 0) is 27.4 Å². The zero-order chi connectivity index (χ0) is 9.26. The smallest absolute Gasteiger partial charge is 0.0483 e. The third-order valence-electron chi connectivity index (χ3n) is 2.35. The van der Waals surface area contributed by atoms with Crippen LogP contribution in [0.4, 0.5) is 0 Å². The van der Waals surface area contributed by atoms with Crippen molar-refractivity contribution < 1.29 is 5.11 Å². The lowest BCUT2D eigenvalue weighted by Gasteiger charge is -2.37. The van der Waals surface area contributed by atoms with E-state index in [4.69, 9.17) is 5.11 Å². The lowest BCUT2D eigenvalue weighted by atomic mass is 10.0. The Hall–Kier alpha value is 0.100. The number of hydrogen-bond acceptors (Lipinski definition) is 3. The number of aliphatic hydroxyl groups excluding tert-OH is 1. The number of likely N-dealkylation sites (tertiary alicyclic amines) is 1. The minimum atomic E-state index is 0.335. The highest BCUT2D eigenvalue weighted by molar-refractivity contribution is 9.10. The Kier molecular flexibility index (Phi) is 3.03. The van der Waals surface area contributed by atoms with Crippen LogP contribution in [0.2, 0.25) is 0 Å². The van der Waals surface area contributed by atoms with Crippen LogP contribution < -0.4 is 0 Å². The van der Waals surface area contributed by atoms with Gasteiger partial charge in [0.25, 0.3) is 0 Å². The fourth-order valence-electron chi connectivity index (χ4n) is 1.56. The monoisotopic (exact) mass is 261 g/mol. The highest BCUT2D eigenvalue weighted by atomic mass is 79.9. The molecule has 0 aliphatic carbocycles. The maximum atomic E-state index is 8.85. The molecule has 72 valence electrons. The van der Waals surface area contributed by atoms with Crippen molar-refractivity contribution in [3.63, 3.8) is 0 Å². The molecular formula is C9H12BrNOS. The largest absolute Gasteiger partial charge is 0.396 e. The molecule has 1 aromatic rings. The molecule has 0 radical (unpaired) electrons. The van der Waals surface area contributed by atoms with Gasteiger partial charge in [-0.2, -0.15) is 0 Å². The van der Waals surface area contributed by atoms with Crippen LogP contribution in [0, 0.1) is 5.92 Å². The summed E-state index contributed by atoms with van der Waals surface area (Å²) < 4.78 is 1.21. The van der Waals surface area contributed by atoms with Gasteiger partial charge in [-0.25, -0.2) is 0 Å². The zero-order valence-corrected chi connectivity index (χ0v) is 9.64. The van der Waals surface area contributed by atoms with Crippen molar-refractivity contribution in [1.82, 2.24) is 4.90 Å². The Morgan fingerprint density at radius 2 is 2.38 bits per heavy atom. The number of nitrogens with zero attached hydrogens (tertiary/aromatic N) is 1. The van der Waals surface area contributed by atoms with Crippen LogP contribution in [0.3, 0.4) is 0 Å². The molecule has 0 bridgehead atoms. The SMILES string of the molecule is OCC1CN(Cc2sccc2Br)C1. The van der Waals surface area contributed by atoms with E-state index in [1.165, 1.54) is 9.35 Å². The molecular weight excluding hydrogens is 250 g/mol. The van der Waals surface area contributed by atoms with Crippen LogP contribution in [-0.4, -0.2) is 29.7 Å². The number of rotatable bonds is 3. The first kappa shape index (κ1) is 9.65. The molecule has 1 aliphatic rings. The van der Waals surface area contributed by atoms with E-state index >= 15 is 0 Å². The molecule has 0 atom stereocenters. The summed E-state index contributed by atoms with van der Waals surface area (Å²) in [5, 5.41) is 11.0. The van der Waals surface area contributed by atoms with E-state index in [1.807, 2.05) is 0 Å². The predicted molar refractivity (Wildman–Crippen MR) is 57.9 cm³/mol. The molecule has 0 spiro atoms. The van der Waals surface area contributed by atoms with Gasteiger partial charge >= 0.3 is 0 Å². The third kappa shape index (κ3) is 2.13. The van der Waals surface area contributed by atoms with Crippen LogP contribution >= 0.6 is 27.3 Å². The molecule has 1 fully saturated rings. The quantitative estimate of drug-likeness (QED) is 0.899. The minimum absolute atomic E-state index is 0.335. The Bertz CT molecular complexity index is 283. The van der Waals surface area contributed by atoms with E-state index in [0.29, 0.717) is 12.5 Å². The van der Waals surface area contributed by atoms with Gasteiger partial charge in [0.15, 0.2) is 0 Å². The Morgan fingerprint density at radius 3 is 2.92 bits per heavy atom. The zero-order valence-electron chi connectivity index (χ0n) is 7.24. The molecule has 1 saturated heterocycles. The van der Waals surface area contributed by atoms with Gasteiger partial charge in [0.05, 0.1) is 0 Å². The van der Waals surface area contributed by atoms with Gasteiger partial charge < -0.3 is 5.11 Å². The molecule has 0 saturated carbocycles. The van der Waals surface area contributed by atoms with E-state index < -0.39 is 0 Å². The first-order chi connectivity index (χ1) is 6.29. The Balaban J connectivity index is 1.84. The van der Waals surface area contributed by atoms with E-state index in [9.17, 15) is 0 Å². The van der Waals surface area contributed by atoms with Gasteiger partial charge in [-0.1, -0.05) is 0 Å². The van der Waals surface area contributed by atoms with Crippen LogP contribution in [0.1, 0.15) is 4.88 Å². The topological polar surface area (TPSA) is 23.5 Å². The van der Waals surface area contributed by atoms with Crippen LogP contribution in [0.5, 0.6) is 0 Å². The average Bonchev–Trinajstić information content (AvgIpc) is 2.43. The fourth-order valence-corrected chi connectivity index (χ4v) is 3.08. The maximum absolute atomic E-state index is 8.85. The van der Waals surface area contributed by atoms with E-state index in [0.717, 1.165) is 19.6 Å². The first-order valence-corrected chi connectivity index (χ1v) is 6.02. The molecule has 2 rings (SSSR count). The second-order valence-corrected chi connectivity index (χ2v) is 5.29. The van der Waals surface area contributed by atoms with Crippen molar-refractivity contribution in [2.75, 3.05) is 19.7 Å². The van der Waals surface area contributed by atoms with Gasteiger partial charge in [-0.15, -0.1) is 11.3 Å². The molecule has 0 unspecified atom stereocenters. The lowest BCUT2D eigenvalue weighted by Crippen LogP contribution is -2.47. The van der Waals surface area contributed by atoms with Crippen molar-refractivity contribution in [2.24, 2.45) is 5.92 Å². The molecule has 0 aromatic carbocycles. The lowest BCUT2D eigenvalue weighted by molar-refractivity contribution is 0.0486. The van der Waals surface area contributed by atoms with Crippen LogP contribution in [0.25, 0.3) is 0 Å². The molecule has 2 nitrogen and oxygen atoms in total. The highest BCUT2D eigenvalue weighted by Crippen LogP contribution is 2.26. The normalized spacial score (nSPS) is 18.9. The molecule has 1 aliphatic heterocycles. The average molecular weight is 262 g/mol. The van der Waals surface area contributed by atoms with Crippen molar-refractivity contribution in [3.8, 4) is 0 Å². The predicted octanol–water partition coefficient (Wildman–Crippen LogP) is 1.93. The summed E-state index contributed by atoms with van der Waals surface area (Å²) in [7, 11) is 0. The molecule has 4 heteroatoms. The standard InChI is InChI=1S/C9H12BrNOS/c10-8-1-2-13-9(8)5-11-3-7(4-11)6-12/h1-2,7,12H,3-6H2. The number of hydrogen-bond donors (Lipinski definition) is 1. The molecule has 1 N–H and O–H groups in total. The van der Waals surface area contributed by atoms with Crippen molar-refractivity contribution in [1.29, 1.82) is 0 Å².